The topological polar surface area (TPSA) is 104 Å². The number of aromatic nitrogens is 3. The maximum absolute atomic E-state index is 13.5. The highest BCUT2D eigenvalue weighted by molar-refractivity contribution is 5.96. The molecular formula is C24H26F3N7O2. The van der Waals surface area contributed by atoms with Crippen molar-refractivity contribution in [2.24, 2.45) is 24.8 Å². The number of fused-ring (bicyclic) bond motifs is 1. The number of nitrogens with zero attached hydrogens (tertiary/aromatic N) is 4. The van der Waals surface area contributed by atoms with Gasteiger partial charge in [-0.25, -0.2) is 9.78 Å². The minimum absolute atomic E-state index is 0.0189. The Morgan fingerprint density at radius 2 is 2.03 bits per heavy atom. The predicted octanol–water partition coefficient (Wildman–Crippen LogP) is 2.64. The SMILES string of the molecule is Cn1nccc1C1=C2CC2C(C2CC2)[C@@H](C(=O)Nc2cc(CN3C[C@@H](C(F)(F)F)NC3=O)ccn2)N1. The summed E-state index contributed by atoms with van der Waals surface area (Å²) in [6.07, 6.45) is 1.92. The van der Waals surface area contributed by atoms with Crippen molar-refractivity contribution < 1.29 is 22.8 Å². The van der Waals surface area contributed by atoms with E-state index >= 15 is 0 Å². The molecule has 0 spiro atoms. The number of carbonyl (C=O) groups is 2. The Hall–Kier alpha value is -3.57. The van der Waals surface area contributed by atoms with Crippen LogP contribution >= 0.6 is 0 Å². The quantitative estimate of drug-likeness (QED) is 0.565. The number of aryl methyl sites for hydroxylation is 1. The van der Waals surface area contributed by atoms with Gasteiger partial charge in [0, 0.05) is 26.0 Å². The van der Waals surface area contributed by atoms with Crippen LogP contribution in [0.25, 0.3) is 5.70 Å². The van der Waals surface area contributed by atoms with Gasteiger partial charge in [0.15, 0.2) is 0 Å². The van der Waals surface area contributed by atoms with Crippen LogP contribution in [0.5, 0.6) is 0 Å². The number of hydrogen-bond donors (Lipinski definition) is 3. The molecule has 2 aliphatic heterocycles. The van der Waals surface area contributed by atoms with Crippen LogP contribution in [0.4, 0.5) is 23.8 Å². The molecule has 0 radical (unpaired) electrons. The van der Waals surface area contributed by atoms with Crippen molar-refractivity contribution in [2.45, 2.75) is 44.1 Å². The van der Waals surface area contributed by atoms with E-state index in [-0.39, 0.29) is 18.4 Å². The summed E-state index contributed by atoms with van der Waals surface area (Å²) < 4.78 is 40.7. The van der Waals surface area contributed by atoms with Crippen LogP contribution in [0.15, 0.2) is 36.2 Å². The molecule has 2 aromatic rings. The van der Waals surface area contributed by atoms with E-state index in [1.165, 1.54) is 11.8 Å². The van der Waals surface area contributed by atoms with E-state index in [1.54, 1.807) is 23.0 Å². The molecule has 2 aromatic heterocycles. The summed E-state index contributed by atoms with van der Waals surface area (Å²) in [5.74, 6) is 1.21. The summed E-state index contributed by atoms with van der Waals surface area (Å²) in [4.78, 5) is 30.8. The minimum Gasteiger partial charge on any atom is -0.372 e. The monoisotopic (exact) mass is 501 g/mol. The average Bonchev–Trinajstić information content (AvgIpc) is 3.73. The lowest BCUT2D eigenvalue weighted by Crippen LogP contribution is -2.48. The number of rotatable bonds is 6. The number of urea groups is 1. The number of amides is 3. The average molecular weight is 502 g/mol. The molecule has 2 aliphatic carbocycles. The third-order valence-corrected chi connectivity index (χ3v) is 7.56. The fourth-order valence-electron chi connectivity index (χ4n) is 5.57. The molecule has 3 fully saturated rings. The van der Waals surface area contributed by atoms with Crippen LogP contribution in [0.1, 0.15) is 30.5 Å². The van der Waals surface area contributed by atoms with Gasteiger partial charge in [-0.2, -0.15) is 18.3 Å². The van der Waals surface area contributed by atoms with E-state index in [0.29, 0.717) is 23.2 Å². The summed E-state index contributed by atoms with van der Waals surface area (Å²) in [5, 5.41) is 12.6. The van der Waals surface area contributed by atoms with E-state index in [2.05, 4.69) is 20.7 Å². The van der Waals surface area contributed by atoms with Crippen LogP contribution < -0.4 is 16.0 Å². The molecule has 190 valence electrons. The van der Waals surface area contributed by atoms with Crippen LogP contribution in [-0.2, 0) is 18.4 Å². The lowest BCUT2D eigenvalue weighted by Gasteiger charge is -2.32. The van der Waals surface area contributed by atoms with Gasteiger partial charge >= 0.3 is 12.2 Å². The van der Waals surface area contributed by atoms with Crippen LogP contribution in [0, 0.1) is 17.8 Å². The molecule has 2 unspecified atom stereocenters. The van der Waals surface area contributed by atoms with Gasteiger partial charge in [0.05, 0.1) is 17.9 Å². The highest BCUT2D eigenvalue weighted by atomic mass is 19.4. The Labute approximate surface area is 205 Å². The molecule has 0 bridgehead atoms. The second-order valence-electron chi connectivity index (χ2n) is 10.1. The zero-order chi connectivity index (χ0) is 25.2. The maximum Gasteiger partial charge on any atom is 0.410 e. The predicted molar refractivity (Wildman–Crippen MR) is 123 cm³/mol. The fourth-order valence-corrected chi connectivity index (χ4v) is 5.57. The molecular weight excluding hydrogens is 475 g/mol. The molecule has 2 saturated carbocycles. The number of pyridine rings is 1. The zero-order valence-electron chi connectivity index (χ0n) is 19.5. The molecule has 3 amide bonds. The van der Waals surface area contributed by atoms with Crippen LogP contribution in [0.2, 0.25) is 0 Å². The number of anilines is 1. The highest BCUT2D eigenvalue weighted by Gasteiger charge is 2.55. The van der Waals surface area contributed by atoms with Crippen molar-refractivity contribution >= 4 is 23.5 Å². The maximum atomic E-state index is 13.5. The van der Waals surface area contributed by atoms with Crippen molar-refractivity contribution in [1.29, 1.82) is 0 Å². The molecule has 0 aromatic carbocycles. The van der Waals surface area contributed by atoms with E-state index in [9.17, 15) is 22.8 Å². The summed E-state index contributed by atoms with van der Waals surface area (Å²) >= 11 is 0. The lowest BCUT2D eigenvalue weighted by molar-refractivity contribution is -0.149. The first kappa shape index (κ1) is 22.9. The summed E-state index contributed by atoms with van der Waals surface area (Å²) in [6.45, 7) is -0.483. The minimum atomic E-state index is -4.50. The molecule has 9 nitrogen and oxygen atoms in total. The molecule has 12 heteroatoms. The standard InChI is InChI=1S/C24H26F3N7O2/c1-33-16(5-7-29-33)20-15-9-14(15)19(13-2-3-13)21(32-20)22(35)31-18-8-12(4-6-28-18)10-34-11-17(24(25,26)27)30-23(34)36/h4-8,13-14,17,19,21,32H,2-3,9-11H2,1H3,(H,30,36)(H,28,31,35)/t14?,17-,19?,21-/m0/s1. The number of nitrogens with one attached hydrogen (secondary N) is 3. The van der Waals surface area contributed by atoms with E-state index in [1.807, 2.05) is 18.4 Å². The third kappa shape index (κ3) is 4.18. The number of hydrogen-bond acceptors (Lipinski definition) is 5. The Morgan fingerprint density at radius 1 is 1.22 bits per heavy atom. The fraction of sp³-hybridized carbons (Fsp3) is 0.500. The highest BCUT2D eigenvalue weighted by Crippen LogP contribution is 2.58. The molecule has 1 saturated heterocycles. The molecule has 4 atom stereocenters. The van der Waals surface area contributed by atoms with Gasteiger partial charge < -0.3 is 20.9 Å². The number of alkyl halides is 3. The van der Waals surface area contributed by atoms with Crippen molar-refractivity contribution in [1.82, 2.24) is 30.3 Å². The van der Waals surface area contributed by atoms with Gasteiger partial charge in [-0.15, -0.1) is 0 Å². The zero-order valence-corrected chi connectivity index (χ0v) is 19.5. The van der Waals surface area contributed by atoms with Gasteiger partial charge in [-0.1, -0.05) is 0 Å². The second-order valence-corrected chi connectivity index (χ2v) is 10.1. The smallest absolute Gasteiger partial charge is 0.372 e. The number of carbonyl (C=O) groups excluding carboxylic acids is 2. The molecule has 36 heavy (non-hydrogen) atoms. The normalized spacial score (nSPS) is 27.4. The van der Waals surface area contributed by atoms with E-state index < -0.39 is 30.8 Å². The Morgan fingerprint density at radius 3 is 2.69 bits per heavy atom. The van der Waals surface area contributed by atoms with Gasteiger partial charge in [0.2, 0.25) is 5.91 Å². The summed E-state index contributed by atoms with van der Waals surface area (Å²) in [6, 6.07) is 2.06. The van der Waals surface area contributed by atoms with Crippen molar-refractivity contribution in [2.75, 3.05) is 11.9 Å². The summed E-state index contributed by atoms with van der Waals surface area (Å²) in [5.41, 5.74) is 3.84. The first-order valence-electron chi connectivity index (χ1n) is 12.0. The van der Waals surface area contributed by atoms with Crippen LogP contribution in [-0.4, -0.2) is 56.4 Å². The molecule has 4 aliphatic rings. The largest absolute Gasteiger partial charge is 0.410 e. The molecule has 3 N–H and O–H groups in total. The molecule has 4 heterocycles. The summed E-state index contributed by atoms with van der Waals surface area (Å²) in [7, 11) is 1.87. The Balaban J connectivity index is 1.17. The van der Waals surface area contributed by atoms with Crippen molar-refractivity contribution in [3.05, 3.63) is 47.4 Å². The lowest BCUT2D eigenvalue weighted by atomic mass is 9.85. The third-order valence-electron chi connectivity index (χ3n) is 7.56. The number of allylic oxidation sites excluding steroid dienone is 1. The van der Waals surface area contributed by atoms with E-state index in [4.69, 9.17) is 0 Å². The van der Waals surface area contributed by atoms with Gasteiger partial charge in [-0.05, 0) is 66.4 Å². The first-order chi connectivity index (χ1) is 17.2. The van der Waals surface area contributed by atoms with Gasteiger partial charge in [0.1, 0.15) is 17.9 Å². The van der Waals surface area contributed by atoms with Gasteiger partial charge in [0.25, 0.3) is 0 Å². The van der Waals surface area contributed by atoms with Crippen LogP contribution in [0.3, 0.4) is 0 Å². The Bertz CT molecular complexity index is 1250. The van der Waals surface area contributed by atoms with Crippen molar-refractivity contribution in [3.8, 4) is 0 Å². The van der Waals surface area contributed by atoms with E-state index in [0.717, 1.165) is 35.6 Å². The first-order valence-corrected chi connectivity index (χ1v) is 12.0. The number of halogens is 3. The second kappa shape index (κ2) is 8.24. The van der Waals surface area contributed by atoms with Gasteiger partial charge in [-0.3, -0.25) is 9.48 Å². The Kier molecular flexibility index (Phi) is 5.23. The molecule has 6 rings (SSSR count). The van der Waals surface area contributed by atoms with Crippen molar-refractivity contribution in [3.63, 3.8) is 0 Å².